The number of aromatic carboxylic acids is 1. The standard InChI is InChI=1S/C15H9BrN2O2S/c16-12-5-1-3-10-9(12)6-8-18-13(10)21-14-11(15(19)20)4-2-7-17-14/h1-8H,(H,19,20). The molecule has 4 nitrogen and oxygen atoms in total. The van der Waals surface area contributed by atoms with Gasteiger partial charge in [-0.05, 0) is 36.0 Å². The molecular formula is C15H9BrN2O2S. The zero-order valence-corrected chi connectivity index (χ0v) is 13.1. The molecule has 0 spiro atoms. The molecule has 2 heterocycles. The highest BCUT2D eigenvalue weighted by Gasteiger charge is 2.14. The van der Waals surface area contributed by atoms with Crippen LogP contribution in [0.4, 0.5) is 0 Å². The first kappa shape index (κ1) is 14.0. The molecule has 0 saturated heterocycles. The second-order valence-corrected chi connectivity index (χ2v) is 6.05. The summed E-state index contributed by atoms with van der Waals surface area (Å²) in [5, 5.41) is 12.4. The van der Waals surface area contributed by atoms with Crippen molar-refractivity contribution in [2.24, 2.45) is 0 Å². The first-order valence-corrected chi connectivity index (χ1v) is 7.67. The number of nitrogens with zero attached hydrogens (tertiary/aromatic N) is 2. The Kier molecular flexibility index (Phi) is 3.90. The number of halogens is 1. The number of hydrogen-bond acceptors (Lipinski definition) is 4. The molecule has 0 saturated carbocycles. The number of hydrogen-bond donors (Lipinski definition) is 1. The highest BCUT2D eigenvalue weighted by atomic mass is 79.9. The fourth-order valence-corrected chi connectivity index (χ4v) is 3.41. The van der Waals surface area contributed by atoms with Crippen molar-refractivity contribution in [3.05, 3.63) is 58.8 Å². The lowest BCUT2D eigenvalue weighted by Gasteiger charge is -2.07. The minimum Gasteiger partial charge on any atom is -0.478 e. The lowest BCUT2D eigenvalue weighted by molar-refractivity contribution is 0.0692. The number of carbonyl (C=O) groups is 1. The van der Waals surface area contributed by atoms with Crippen LogP contribution in [0.3, 0.4) is 0 Å². The van der Waals surface area contributed by atoms with E-state index in [0.717, 1.165) is 20.3 Å². The van der Waals surface area contributed by atoms with Crippen molar-refractivity contribution in [2.45, 2.75) is 10.1 Å². The van der Waals surface area contributed by atoms with Gasteiger partial charge in [0, 0.05) is 27.6 Å². The SMILES string of the molecule is O=C(O)c1cccnc1Sc1nccc2c(Br)cccc12. The van der Waals surface area contributed by atoms with Gasteiger partial charge >= 0.3 is 5.97 Å². The summed E-state index contributed by atoms with van der Waals surface area (Å²) in [6.07, 6.45) is 3.29. The van der Waals surface area contributed by atoms with Crippen LogP contribution in [0.25, 0.3) is 10.8 Å². The number of benzene rings is 1. The van der Waals surface area contributed by atoms with Gasteiger partial charge in [-0.3, -0.25) is 0 Å². The summed E-state index contributed by atoms with van der Waals surface area (Å²) < 4.78 is 0.976. The fourth-order valence-electron chi connectivity index (χ4n) is 1.95. The minimum atomic E-state index is -0.994. The molecule has 3 rings (SSSR count). The number of carboxylic acids is 1. The van der Waals surface area contributed by atoms with Gasteiger partial charge in [-0.25, -0.2) is 14.8 Å². The van der Waals surface area contributed by atoms with Crippen LogP contribution in [0.15, 0.2) is 63.3 Å². The first-order chi connectivity index (χ1) is 10.2. The highest BCUT2D eigenvalue weighted by Crippen LogP contribution is 2.34. The molecule has 3 aromatic rings. The van der Waals surface area contributed by atoms with Crippen molar-refractivity contribution in [1.82, 2.24) is 9.97 Å². The third-order valence-electron chi connectivity index (χ3n) is 2.91. The maximum atomic E-state index is 11.2. The lowest BCUT2D eigenvalue weighted by Crippen LogP contribution is -2.00. The quantitative estimate of drug-likeness (QED) is 0.756. The van der Waals surface area contributed by atoms with Crippen molar-refractivity contribution in [1.29, 1.82) is 0 Å². The Balaban J connectivity index is 2.11. The number of fused-ring (bicyclic) bond motifs is 1. The zero-order chi connectivity index (χ0) is 14.8. The van der Waals surface area contributed by atoms with E-state index in [-0.39, 0.29) is 5.56 Å². The summed E-state index contributed by atoms with van der Waals surface area (Å²) in [5.74, 6) is -0.994. The first-order valence-electron chi connectivity index (χ1n) is 6.06. The van der Waals surface area contributed by atoms with E-state index >= 15 is 0 Å². The van der Waals surface area contributed by atoms with E-state index < -0.39 is 5.97 Å². The number of pyridine rings is 2. The third-order valence-corrected chi connectivity index (χ3v) is 4.64. The van der Waals surface area contributed by atoms with Crippen molar-refractivity contribution in [3.63, 3.8) is 0 Å². The largest absolute Gasteiger partial charge is 0.478 e. The van der Waals surface area contributed by atoms with Gasteiger partial charge in [0.2, 0.25) is 0 Å². The smallest absolute Gasteiger partial charge is 0.338 e. The Morgan fingerprint density at radius 1 is 1.00 bits per heavy atom. The summed E-state index contributed by atoms with van der Waals surface area (Å²) in [4.78, 5) is 19.8. The van der Waals surface area contributed by atoms with Gasteiger partial charge in [-0.15, -0.1) is 0 Å². The zero-order valence-electron chi connectivity index (χ0n) is 10.7. The molecule has 1 N–H and O–H groups in total. The van der Waals surface area contributed by atoms with Crippen LogP contribution < -0.4 is 0 Å². The Morgan fingerprint density at radius 2 is 1.81 bits per heavy atom. The lowest BCUT2D eigenvalue weighted by atomic mass is 10.2. The van der Waals surface area contributed by atoms with Crippen molar-refractivity contribution in [3.8, 4) is 0 Å². The van der Waals surface area contributed by atoms with E-state index in [0.29, 0.717) is 5.03 Å². The van der Waals surface area contributed by atoms with Crippen LogP contribution >= 0.6 is 27.7 Å². The molecule has 6 heteroatoms. The maximum Gasteiger partial charge on any atom is 0.338 e. The minimum absolute atomic E-state index is 0.177. The molecule has 0 aliphatic rings. The fraction of sp³-hybridized carbons (Fsp3) is 0. The van der Waals surface area contributed by atoms with Crippen molar-refractivity contribution >= 4 is 44.4 Å². The van der Waals surface area contributed by atoms with Crippen LogP contribution in [0, 0.1) is 0 Å². The van der Waals surface area contributed by atoms with Crippen LogP contribution in [-0.4, -0.2) is 21.0 Å². The van der Waals surface area contributed by atoms with E-state index in [4.69, 9.17) is 0 Å². The maximum absolute atomic E-state index is 11.2. The molecule has 0 bridgehead atoms. The topological polar surface area (TPSA) is 63.1 Å². The van der Waals surface area contributed by atoms with E-state index in [2.05, 4.69) is 25.9 Å². The van der Waals surface area contributed by atoms with E-state index in [1.54, 1.807) is 24.5 Å². The Morgan fingerprint density at radius 3 is 2.62 bits per heavy atom. The second kappa shape index (κ2) is 5.83. The van der Waals surface area contributed by atoms with E-state index in [1.807, 2.05) is 24.3 Å². The van der Waals surface area contributed by atoms with E-state index in [9.17, 15) is 9.90 Å². The molecule has 0 amide bonds. The number of carboxylic acid groups (broad SMARTS) is 1. The van der Waals surface area contributed by atoms with Gasteiger partial charge in [0.25, 0.3) is 0 Å². The average molecular weight is 361 g/mol. The number of rotatable bonds is 3. The normalized spacial score (nSPS) is 10.7. The predicted molar refractivity (Wildman–Crippen MR) is 84.8 cm³/mol. The van der Waals surface area contributed by atoms with Gasteiger partial charge in [0.15, 0.2) is 0 Å². The Hall–Kier alpha value is -1.92. The molecule has 0 fully saturated rings. The van der Waals surface area contributed by atoms with Crippen LogP contribution in [0.1, 0.15) is 10.4 Å². The van der Waals surface area contributed by atoms with Crippen molar-refractivity contribution < 1.29 is 9.90 Å². The summed E-state index contributed by atoms with van der Waals surface area (Å²) in [7, 11) is 0. The summed E-state index contributed by atoms with van der Waals surface area (Å²) in [5.41, 5.74) is 0.177. The molecule has 2 aromatic heterocycles. The monoisotopic (exact) mass is 360 g/mol. The van der Waals surface area contributed by atoms with Crippen molar-refractivity contribution in [2.75, 3.05) is 0 Å². The van der Waals surface area contributed by atoms with Crippen LogP contribution in [0.5, 0.6) is 0 Å². The van der Waals surface area contributed by atoms with Gasteiger partial charge in [0.1, 0.15) is 10.1 Å². The van der Waals surface area contributed by atoms with E-state index in [1.165, 1.54) is 11.8 Å². The molecule has 0 unspecified atom stereocenters. The Bertz CT molecular complexity index is 839. The molecule has 104 valence electrons. The van der Waals surface area contributed by atoms with Crippen LogP contribution in [0.2, 0.25) is 0 Å². The third kappa shape index (κ3) is 2.77. The van der Waals surface area contributed by atoms with Gasteiger partial charge in [-0.2, -0.15) is 0 Å². The molecule has 0 aliphatic heterocycles. The van der Waals surface area contributed by atoms with Gasteiger partial charge in [-0.1, -0.05) is 28.1 Å². The number of aromatic nitrogens is 2. The second-order valence-electron chi connectivity index (χ2n) is 4.21. The molecular weight excluding hydrogens is 352 g/mol. The van der Waals surface area contributed by atoms with Crippen LogP contribution in [-0.2, 0) is 0 Å². The summed E-state index contributed by atoms with van der Waals surface area (Å²) in [6, 6.07) is 10.9. The molecule has 0 aliphatic carbocycles. The molecule has 0 atom stereocenters. The Labute approximate surface area is 133 Å². The molecule has 0 radical (unpaired) electrons. The van der Waals surface area contributed by atoms with Gasteiger partial charge < -0.3 is 5.11 Å². The highest BCUT2D eigenvalue weighted by molar-refractivity contribution is 9.10. The van der Waals surface area contributed by atoms with Gasteiger partial charge in [0.05, 0.1) is 5.56 Å². The summed E-state index contributed by atoms with van der Waals surface area (Å²) >= 11 is 4.76. The molecule has 1 aromatic carbocycles. The molecule has 21 heavy (non-hydrogen) atoms. The predicted octanol–water partition coefficient (Wildman–Crippen LogP) is 4.24. The summed E-state index contributed by atoms with van der Waals surface area (Å²) in [6.45, 7) is 0. The average Bonchev–Trinajstić information content (AvgIpc) is 2.49.